The van der Waals surface area contributed by atoms with Crippen molar-refractivity contribution in [1.82, 2.24) is 14.8 Å². The number of likely N-dealkylation sites (tertiary alicyclic amines) is 2. The number of carboxylic acids is 1. The van der Waals surface area contributed by atoms with Gasteiger partial charge in [0.1, 0.15) is 5.75 Å². The van der Waals surface area contributed by atoms with Crippen molar-refractivity contribution in [3.63, 3.8) is 0 Å². The minimum Gasteiger partial charge on any atom is -0.496 e. The normalized spacial score (nSPS) is 26.2. The van der Waals surface area contributed by atoms with Gasteiger partial charge in [-0.25, -0.2) is 0 Å². The number of aromatic amines is 1. The summed E-state index contributed by atoms with van der Waals surface area (Å²) in [5.74, 6) is 0.236. The van der Waals surface area contributed by atoms with Crippen molar-refractivity contribution < 1.29 is 19.4 Å². The van der Waals surface area contributed by atoms with Crippen molar-refractivity contribution >= 4 is 22.8 Å². The van der Waals surface area contributed by atoms with Crippen LogP contribution in [0, 0.1) is 35.5 Å². The van der Waals surface area contributed by atoms with Crippen LogP contribution in [0.2, 0.25) is 0 Å². The molecule has 2 aliphatic heterocycles. The Morgan fingerprint density at radius 2 is 1.95 bits per heavy atom. The second kappa shape index (κ2) is 10.9. The Kier molecular flexibility index (Phi) is 7.25. The monoisotopic (exact) mass is 554 g/mol. The Hall–Kier alpha value is -3.83. The van der Waals surface area contributed by atoms with E-state index in [1.165, 1.54) is 16.5 Å². The standard InChI is InChI=1S/C33H38N4O4/c1-21-13-29(41-2)27(26-7-10-35-31(21)26)20-36-12-9-33(15-23(16-33)18-34)17-28(36)24-3-5-25(6-4-24)32(40)37-11-8-22(19-37)14-30(38)39/h3-7,10,13,22-23,28,35H,8-9,11-12,14-17,19-20H2,1-2H3,(H,38,39)/t22-,23?,28-,33?/m0/s1. The number of aryl methyl sites for hydroxylation is 1. The first kappa shape index (κ1) is 27.3. The van der Waals surface area contributed by atoms with Gasteiger partial charge < -0.3 is 19.7 Å². The number of carbonyl (C=O) groups excluding carboxylic acids is 1. The molecule has 3 heterocycles. The van der Waals surface area contributed by atoms with E-state index in [1.54, 1.807) is 12.0 Å². The van der Waals surface area contributed by atoms with Gasteiger partial charge in [0.05, 0.1) is 13.2 Å². The second-order valence-electron chi connectivity index (χ2n) is 12.4. The second-order valence-corrected chi connectivity index (χ2v) is 12.4. The molecular formula is C33H38N4O4. The Morgan fingerprint density at radius 1 is 1.17 bits per heavy atom. The highest BCUT2D eigenvalue weighted by atomic mass is 16.5. The number of fused-ring (bicyclic) bond motifs is 1. The maximum absolute atomic E-state index is 13.2. The number of aromatic nitrogens is 1. The highest BCUT2D eigenvalue weighted by Crippen LogP contribution is 2.57. The van der Waals surface area contributed by atoms with Gasteiger partial charge in [-0.3, -0.25) is 14.5 Å². The molecule has 6 rings (SSSR count). The number of ether oxygens (including phenoxy) is 1. The number of methoxy groups -OCH3 is 1. The molecular weight excluding hydrogens is 516 g/mol. The number of carbonyl (C=O) groups is 2. The molecule has 1 aliphatic carbocycles. The lowest BCUT2D eigenvalue weighted by Crippen LogP contribution is -2.48. The summed E-state index contributed by atoms with van der Waals surface area (Å²) in [5, 5.41) is 19.8. The molecule has 1 saturated carbocycles. The minimum atomic E-state index is -0.809. The van der Waals surface area contributed by atoms with Crippen molar-refractivity contribution in [2.24, 2.45) is 17.3 Å². The number of piperidine rings is 1. The fourth-order valence-electron chi connectivity index (χ4n) is 7.59. The van der Waals surface area contributed by atoms with Crippen LogP contribution in [-0.2, 0) is 11.3 Å². The molecule has 0 unspecified atom stereocenters. The number of H-pyrrole nitrogens is 1. The first-order valence-corrected chi connectivity index (χ1v) is 14.7. The number of amides is 1. The average molecular weight is 555 g/mol. The third-order valence-corrected chi connectivity index (χ3v) is 9.81. The number of nitrogens with one attached hydrogen (secondary N) is 1. The lowest BCUT2D eigenvalue weighted by molar-refractivity contribution is -0.138. The molecule has 0 bridgehead atoms. The van der Waals surface area contributed by atoms with E-state index in [-0.39, 0.29) is 35.6 Å². The van der Waals surface area contributed by atoms with Gasteiger partial charge in [-0.2, -0.15) is 5.26 Å². The molecule has 0 radical (unpaired) electrons. The minimum absolute atomic E-state index is 0.0210. The van der Waals surface area contributed by atoms with Crippen molar-refractivity contribution in [3.05, 3.63) is 64.8 Å². The van der Waals surface area contributed by atoms with Crippen LogP contribution in [0.3, 0.4) is 0 Å². The van der Waals surface area contributed by atoms with Crippen LogP contribution in [0.1, 0.15) is 71.6 Å². The molecule has 3 aromatic rings. The fourth-order valence-corrected chi connectivity index (χ4v) is 7.59. The predicted octanol–water partition coefficient (Wildman–Crippen LogP) is 5.68. The largest absolute Gasteiger partial charge is 0.496 e. The summed E-state index contributed by atoms with van der Waals surface area (Å²) in [6, 6.07) is 14.9. The van der Waals surface area contributed by atoms with Gasteiger partial charge in [0, 0.05) is 66.2 Å². The number of rotatable bonds is 7. The summed E-state index contributed by atoms with van der Waals surface area (Å²) in [5.41, 5.74) is 5.50. The highest BCUT2D eigenvalue weighted by molar-refractivity contribution is 5.94. The van der Waals surface area contributed by atoms with Crippen LogP contribution in [0.15, 0.2) is 42.6 Å². The third-order valence-electron chi connectivity index (χ3n) is 9.81. The molecule has 2 atom stereocenters. The SMILES string of the molecule is COc1cc(C)c2[nH]ccc2c1CN1CCC2(CC(C#N)C2)C[C@H]1c1ccc(C(=O)N2CC[C@@H](CC(=O)O)C2)cc1. The molecule has 41 heavy (non-hydrogen) atoms. The summed E-state index contributed by atoms with van der Waals surface area (Å²) >= 11 is 0. The molecule has 2 saturated heterocycles. The summed E-state index contributed by atoms with van der Waals surface area (Å²) in [4.78, 5) is 32.0. The molecule has 8 heteroatoms. The predicted molar refractivity (Wildman–Crippen MR) is 155 cm³/mol. The molecule has 3 aliphatic rings. The first-order chi connectivity index (χ1) is 19.8. The lowest BCUT2D eigenvalue weighted by Gasteiger charge is -2.53. The number of carboxylic acid groups (broad SMARTS) is 1. The van der Waals surface area contributed by atoms with E-state index >= 15 is 0 Å². The lowest BCUT2D eigenvalue weighted by atomic mass is 9.56. The number of nitriles is 1. The van der Waals surface area contributed by atoms with Crippen molar-refractivity contribution in [1.29, 1.82) is 5.26 Å². The quantitative estimate of drug-likeness (QED) is 0.389. The summed E-state index contributed by atoms with van der Waals surface area (Å²) in [6.07, 6.45) is 6.83. The topological polar surface area (TPSA) is 110 Å². The van der Waals surface area contributed by atoms with Gasteiger partial charge in [-0.15, -0.1) is 0 Å². The van der Waals surface area contributed by atoms with Crippen molar-refractivity contribution in [2.45, 2.75) is 58.0 Å². The van der Waals surface area contributed by atoms with Crippen molar-refractivity contribution in [3.8, 4) is 11.8 Å². The number of hydrogen-bond acceptors (Lipinski definition) is 5. The van der Waals surface area contributed by atoms with Gasteiger partial charge in [0.2, 0.25) is 0 Å². The van der Waals surface area contributed by atoms with Crippen LogP contribution in [-0.4, -0.2) is 58.5 Å². The molecule has 2 aromatic carbocycles. The Morgan fingerprint density at radius 3 is 2.66 bits per heavy atom. The van der Waals surface area contributed by atoms with Gasteiger partial charge in [-0.1, -0.05) is 12.1 Å². The number of hydrogen-bond donors (Lipinski definition) is 2. The maximum Gasteiger partial charge on any atom is 0.303 e. The van der Waals surface area contributed by atoms with E-state index in [0.29, 0.717) is 18.7 Å². The van der Waals surface area contributed by atoms with Gasteiger partial charge in [-0.05, 0) is 92.3 Å². The van der Waals surface area contributed by atoms with E-state index in [1.807, 2.05) is 18.3 Å². The van der Waals surface area contributed by atoms with Crippen LogP contribution in [0.25, 0.3) is 10.9 Å². The van der Waals surface area contributed by atoms with Gasteiger partial charge >= 0.3 is 5.97 Å². The van der Waals surface area contributed by atoms with E-state index < -0.39 is 5.97 Å². The zero-order valence-corrected chi connectivity index (χ0v) is 23.9. The summed E-state index contributed by atoms with van der Waals surface area (Å²) in [7, 11) is 1.73. The number of aliphatic carboxylic acids is 1. The average Bonchev–Trinajstić information content (AvgIpc) is 3.63. The van der Waals surface area contributed by atoms with E-state index in [2.05, 4.69) is 47.1 Å². The van der Waals surface area contributed by atoms with E-state index in [4.69, 9.17) is 9.84 Å². The zero-order chi connectivity index (χ0) is 28.7. The Bertz CT molecular complexity index is 1500. The first-order valence-electron chi connectivity index (χ1n) is 14.7. The molecule has 1 aromatic heterocycles. The summed E-state index contributed by atoms with van der Waals surface area (Å²) in [6.45, 7) is 4.88. The highest BCUT2D eigenvalue weighted by Gasteiger charge is 2.49. The van der Waals surface area contributed by atoms with Gasteiger partial charge in [0.15, 0.2) is 0 Å². The molecule has 3 fully saturated rings. The molecule has 1 amide bonds. The number of nitrogens with zero attached hydrogens (tertiary/aromatic N) is 3. The summed E-state index contributed by atoms with van der Waals surface area (Å²) < 4.78 is 5.86. The smallest absolute Gasteiger partial charge is 0.303 e. The van der Waals surface area contributed by atoms with Crippen LogP contribution < -0.4 is 4.74 Å². The fraction of sp³-hybridized carbons (Fsp3) is 0.485. The van der Waals surface area contributed by atoms with E-state index in [0.717, 1.165) is 62.0 Å². The Balaban J connectivity index is 1.26. The number of benzene rings is 2. The maximum atomic E-state index is 13.2. The van der Waals surface area contributed by atoms with E-state index in [9.17, 15) is 14.9 Å². The van der Waals surface area contributed by atoms with Crippen LogP contribution in [0.5, 0.6) is 5.75 Å². The van der Waals surface area contributed by atoms with Crippen LogP contribution >= 0.6 is 0 Å². The van der Waals surface area contributed by atoms with Gasteiger partial charge in [0.25, 0.3) is 5.91 Å². The Labute approximate surface area is 240 Å². The molecule has 214 valence electrons. The third kappa shape index (κ3) is 5.19. The molecule has 1 spiro atoms. The molecule has 8 nitrogen and oxygen atoms in total. The molecule has 2 N–H and O–H groups in total. The zero-order valence-electron chi connectivity index (χ0n) is 23.9. The van der Waals surface area contributed by atoms with Crippen LogP contribution in [0.4, 0.5) is 0 Å². The van der Waals surface area contributed by atoms with Crippen molar-refractivity contribution in [2.75, 3.05) is 26.7 Å².